The maximum Gasteiger partial charge on any atom is 0.230 e. The summed E-state index contributed by atoms with van der Waals surface area (Å²) in [6.07, 6.45) is 0. The van der Waals surface area contributed by atoms with Gasteiger partial charge in [0.1, 0.15) is 0 Å². The molecule has 1 unspecified atom stereocenters. The fraction of sp³-hybridized carbons (Fsp3) is 0.818. The lowest BCUT2D eigenvalue weighted by atomic mass is 10.0. The van der Waals surface area contributed by atoms with Crippen LogP contribution in [0.5, 0.6) is 0 Å². The monoisotopic (exact) mass is 227 g/mol. The van der Waals surface area contributed by atoms with Crippen molar-refractivity contribution in [2.24, 2.45) is 27.6 Å². The summed E-state index contributed by atoms with van der Waals surface area (Å²) in [5.74, 6) is -0.857. The second-order valence-corrected chi connectivity index (χ2v) is 5.63. The smallest absolute Gasteiger partial charge is 0.230 e. The summed E-state index contributed by atoms with van der Waals surface area (Å²) in [4.78, 5) is 11.8. The van der Waals surface area contributed by atoms with Crippen molar-refractivity contribution in [2.45, 2.75) is 40.7 Å². The van der Waals surface area contributed by atoms with Crippen LogP contribution in [0.25, 0.3) is 0 Å². The molecule has 1 fully saturated rings. The fourth-order valence-corrected chi connectivity index (χ4v) is 2.05. The van der Waals surface area contributed by atoms with E-state index >= 15 is 0 Å². The van der Waals surface area contributed by atoms with E-state index in [4.69, 9.17) is 10.9 Å². The van der Waals surface area contributed by atoms with E-state index in [-0.39, 0.29) is 28.6 Å². The van der Waals surface area contributed by atoms with E-state index in [1.165, 1.54) is 0 Å². The Morgan fingerprint density at radius 1 is 1.38 bits per heavy atom. The normalized spacial score (nSPS) is 24.9. The van der Waals surface area contributed by atoms with Gasteiger partial charge in [0.25, 0.3) is 0 Å². The number of carbonyl (C=O) groups is 1. The molecule has 4 N–H and O–H groups in total. The highest BCUT2D eigenvalue weighted by molar-refractivity contribution is 6.01. The van der Waals surface area contributed by atoms with Gasteiger partial charge in [-0.3, -0.25) is 4.79 Å². The first-order valence-corrected chi connectivity index (χ1v) is 5.44. The molecule has 1 saturated carbocycles. The molecule has 1 aliphatic rings. The Hall–Kier alpha value is -1.26. The molecule has 5 heteroatoms. The summed E-state index contributed by atoms with van der Waals surface area (Å²) in [6.45, 7) is 10.1. The number of oxime groups is 1. The molecule has 0 aromatic rings. The number of amides is 1. The molecule has 0 radical (unpaired) electrons. The van der Waals surface area contributed by atoms with Crippen molar-refractivity contribution in [3.05, 3.63) is 0 Å². The summed E-state index contributed by atoms with van der Waals surface area (Å²) in [5.41, 5.74) is 5.57. The Morgan fingerprint density at radius 3 is 2.12 bits per heavy atom. The maximum absolute atomic E-state index is 11.8. The number of nitrogens with two attached hydrogens (primary N) is 1. The average Bonchev–Trinajstić information content (AvgIpc) is 2.58. The molecule has 1 aliphatic carbocycles. The Labute approximate surface area is 96.1 Å². The molecule has 0 heterocycles. The summed E-state index contributed by atoms with van der Waals surface area (Å²) >= 11 is 0. The molecule has 0 spiro atoms. The number of hydrogen-bond acceptors (Lipinski definition) is 3. The lowest BCUT2D eigenvalue weighted by molar-refractivity contribution is -0.123. The van der Waals surface area contributed by atoms with Crippen molar-refractivity contribution in [2.75, 3.05) is 0 Å². The van der Waals surface area contributed by atoms with Crippen LogP contribution in [0.3, 0.4) is 0 Å². The Bertz CT molecular complexity index is 320. The van der Waals surface area contributed by atoms with Gasteiger partial charge in [-0.05, 0) is 17.8 Å². The third-order valence-corrected chi connectivity index (χ3v) is 4.26. The lowest BCUT2D eigenvalue weighted by Gasteiger charge is -2.11. The first-order chi connectivity index (χ1) is 7.16. The maximum atomic E-state index is 11.8. The zero-order chi connectivity index (χ0) is 12.7. The number of nitrogens with zero attached hydrogens (tertiary/aromatic N) is 1. The van der Waals surface area contributed by atoms with Gasteiger partial charge in [-0.15, -0.1) is 0 Å². The van der Waals surface area contributed by atoms with Gasteiger partial charge in [0.05, 0.1) is 5.92 Å². The lowest BCUT2D eigenvalue weighted by Crippen LogP contribution is -2.40. The molecule has 0 bridgehead atoms. The van der Waals surface area contributed by atoms with Crippen LogP contribution in [0.4, 0.5) is 0 Å². The van der Waals surface area contributed by atoms with E-state index in [1.54, 1.807) is 6.92 Å². The summed E-state index contributed by atoms with van der Waals surface area (Å²) in [7, 11) is 0. The fourth-order valence-electron chi connectivity index (χ4n) is 2.05. The highest BCUT2D eigenvalue weighted by atomic mass is 16.4. The van der Waals surface area contributed by atoms with Gasteiger partial charge in [0.2, 0.25) is 5.91 Å². The van der Waals surface area contributed by atoms with Gasteiger partial charge >= 0.3 is 0 Å². The van der Waals surface area contributed by atoms with Crippen LogP contribution in [0.1, 0.15) is 34.6 Å². The predicted octanol–water partition coefficient (Wildman–Crippen LogP) is 0.920. The molecular formula is C11H21N3O2. The van der Waals surface area contributed by atoms with Gasteiger partial charge in [0.15, 0.2) is 5.84 Å². The van der Waals surface area contributed by atoms with E-state index in [1.807, 2.05) is 0 Å². The largest absolute Gasteiger partial charge is 0.409 e. The van der Waals surface area contributed by atoms with Gasteiger partial charge in [0, 0.05) is 6.04 Å². The highest BCUT2D eigenvalue weighted by Crippen LogP contribution is 2.62. The van der Waals surface area contributed by atoms with Crippen LogP contribution in [-0.2, 0) is 4.79 Å². The van der Waals surface area contributed by atoms with Crippen LogP contribution >= 0.6 is 0 Å². The first-order valence-electron chi connectivity index (χ1n) is 5.44. The highest BCUT2D eigenvalue weighted by Gasteiger charge is 2.65. The number of amidine groups is 1. The molecule has 0 saturated heterocycles. The van der Waals surface area contributed by atoms with Gasteiger partial charge in [-0.2, -0.15) is 0 Å². The molecule has 0 aliphatic heterocycles. The molecule has 1 amide bonds. The topological polar surface area (TPSA) is 87.7 Å². The SMILES string of the molecule is CC(C(=O)NC1C(C)(C)C1(C)C)C(N)=NO. The molecule has 0 aromatic carbocycles. The van der Waals surface area contributed by atoms with E-state index in [0.717, 1.165) is 0 Å². The van der Waals surface area contributed by atoms with E-state index < -0.39 is 5.92 Å². The van der Waals surface area contributed by atoms with Crippen LogP contribution < -0.4 is 11.1 Å². The molecular weight excluding hydrogens is 206 g/mol. The minimum atomic E-state index is -0.600. The molecule has 0 aromatic heterocycles. The molecule has 1 rings (SSSR count). The minimum Gasteiger partial charge on any atom is -0.409 e. The summed E-state index contributed by atoms with van der Waals surface area (Å²) < 4.78 is 0. The third-order valence-electron chi connectivity index (χ3n) is 4.26. The Kier molecular flexibility index (Phi) is 2.92. The van der Waals surface area contributed by atoms with Crippen LogP contribution in [-0.4, -0.2) is 23.0 Å². The van der Waals surface area contributed by atoms with E-state index in [0.29, 0.717) is 0 Å². The van der Waals surface area contributed by atoms with Gasteiger partial charge in [-0.25, -0.2) is 0 Å². The number of hydrogen-bond donors (Lipinski definition) is 3. The zero-order valence-electron chi connectivity index (χ0n) is 10.5. The number of carbonyl (C=O) groups excluding carboxylic acids is 1. The number of nitrogens with one attached hydrogen (secondary N) is 1. The van der Waals surface area contributed by atoms with E-state index in [9.17, 15) is 4.79 Å². The van der Waals surface area contributed by atoms with Gasteiger partial charge < -0.3 is 16.3 Å². The van der Waals surface area contributed by atoms with Crippen molar-refractivity contribution in [1.29, 1.82) is 0 Å². The minimum absolute atomic E-state index is 0.0613. The molecule has 5 nitrogen and oxygen atoms in total. The summed E-state index contributed by atoms with van der Waals surface area (Å²) in [6, 6.07) is 0.140. The zero-order valence-corrected chi connectivity index (χ0v) is 10.5. The molecule has 92 valence electrons. The standard InChI is InChI=1S/C11H21N3O2/c1-6(7(12)14-16)8(15)13-9-10(2,3)11(9,4)5/h6,9,16H,1-5H3,(H2,12,14)(H,13,15). The second-order valence-electron chi connectivity index (χ2n) is 5.63. The van der Waals surface area contributed by atoms with Crippen molar-refractivity contribution >= 4 is 11.7 Å². The van der Waals surface area contributed by atoms with Crippen LogP contribution in [0.2, 0.25) is 0 Å². The van der Waals surface area contributed by atoms with Crippen LogP contribution in [0, 0.1) is 16.7 Å². The van der Waals surface area contributed by atoms with Crippen molar-refractivity contribution in [3.63, 3.8) is 0 Å². The van der Waals surface area contributed by atoms with Crippen molar-refractivity contribution in [1.82, 2.24) is 5.32 Å². The van der Waals surface area contributed by atoms with Crippen LogP contribution in [0.15, 0.2) is 5.16 Å². The quantitative estimate of drug-likeness (QED) is 0.290. The van der Waals surface area contributed by atoms with E-state index in [2.05, 4.69) is 38.2 Å². The van der Waals surface area contributed by atoms with Crippen molar-refractivity contribution in [3.8, 4) is 0 Å². The Morgan fingerprint density at radius 2 is 1.81 bits per heavy atom. The third kappa shape index (κ3) is 1.74. The van der Waals surface area contributed by atoms with Gasteiger partial charge in [-0.1, -0.05) is 32.9 Å². The molecule has 16 heavy (non-hydrogen) atoms. The van der Waals surface area contributed by atoms with Crippen molar-refractivity contribution < 1.29 is 10.0 Å². The first kappa shape index (κ1) is 12.8. The molecule has 1 atom stereocenters. The average molecular weight is 227 g/mol. The second kappa shape index (κ2) is 3.64. The summed E-state index contributed by atoms with van der Waals surface area (Å²) in [5, 5.41) is 14.3. The predicted molar refractivity (Wildman–Crippen MR) is 62.1 cm³/mol. The Balaban J connectivity index is 2.62. The number of rotatable bonds is 3.